The van der Waals surface area contributed by atoms with Gasteiger partial charge in [0.05, 0.1) is 29.0 Å². The number of halogens is 1. The van der Waals surface area contributed by atoms with Crippen molar-refractivity contribution in [1.82, 2.24) is 19.6 Å². The molecule has 140 valence electrons. The Morgan fingerprint density at radius 2 is 1.79 bits per heavy atom. The van der Waals surface area contributed by atoms with Crippen LogP contribution in [0.25, 0.3) is 16.6 Å². The number of aryl methyl sites for hydroxylation is 1. The SMILES string of the molecule is Cc1nn(Cc2ccc([N+](=O)[O-])cc2)c(=O)c2c1cnn2-c1ccc(F)cc1. The van der Waals surface area contributed by atoms with Crippen molar-refractivity contribution >= 4 is 16.6 Å². The number of nitro groups is 1. The first kappa shape index (κ1) is 17.5. The highest BCUT2D eigenvalue weighted by Crippen LogP contribution is 2.18. The van der Waals surface area contributed by atoms with Crippen LogP contribution in [0.2, 0.25) is 0 Å². The van der Waals surface area contributed by atoms with Gasteiger partial charge >= 0.3 is 0 Å². The summed E-state index contributed by atoms with van der Waals surface area (Å²) < 4.78 is 16.0. The van der Waals surface area contributed by atoms with E-state index in [0.29, 0.717) is 27.8 Å². The molecule has 0 fully saturated rings. The number of non-ortho nitro benzene ring substituents is 1. The molecular weight excluding hydrogens is 365 g/mol. The third kappa shape index (κ3) is 3.02. The predicted octanol–water partition coefficient (Wildman–Crippen LogP) is 2.99. The fourth-order valence-corrected chi connectivity index (χ4v) is 3.00. The summed E-state index contributed by atoms with van der Waals surface area (Å²) in [6.45, 7) is 1.92. The van der Waals surface area contributed by atoms with Crippen LogP contribution in [0.1, 0.15) is 11.3 Å². The summed E-state index contributed by atoms with van der Waals surface area (Å²) in [5.41, 5.74) is 1.82. The van der Waals surface area contributed by atoms with E-state index in [-0.39, 0.29) is 23.6 Å². The van der Waals surface area contributed by atoms with Crippen molar-refractivity contribution in [2.45, 2.75) is 13.5 Å². The van der Waals surface area contributed by atoms with Crippen LogP contribution < -0.4 is 5.56 Å². The Labute approximate surface area is 157 Å². The molecule has 0 N–H and O–H groups in total. The van der Waals surface area contributed by atoms with Crippen LogP contribution >= 0.6 is 0 Å². The Hall–Kier alpha value is -3.88. The van der Waals surface area contributed by atoms with Crippen LogP contribution in [0.5, 0.6) is 0 Å². The second kappa shape index (κ2) is 6.69. The summed E-state index contributed by atoms with van der Waals surface area (Å²) in [5, 5.41) is 20.0. The van der Waals surface area contributed by atoms with Gasteiger partial charge in [0.25, 0.3) is 11.2 Å². The molecule has 0 atom stereocenters. The fourth-order valence-electron chi connectivity index (χ4n) is 3.00. The van der Waals surface area contributed by atoms with Gasteiger partial charge in [-0.3, -0.25) is 14.9 Å². The zero-order chi connectivity index (χ0) is 19.8. The molecule has 28 heavy (non-hydrogen) atoms. The molecule has 0 aliphatic rings. The van der Waals surface area contributed by atoms with Gasteiger partial charge in [-0.25, -0.2) is 13.8 Å². The van der Waals surface area contributed by atoms with Crippen LogP contribution in [0.3, 0.4) is 0 Å². The molecular formula is C19H14FN5O3. The summed E-state index contributed by atoms with van der Waals surface area (Å²) in [6.07, 6.45) is 1.55. The number of aromatic nitrogens is 4. The average molecular weight is 379 g/mol. The number of nitro benzene ring substituents is 1. The van der Waals surface area contributed by atoms with E-state index >= 15 is 0 Å². The van der Waals surface area contributed by atoms with E-state index < -0.39 is 4.92 Å². The maximum absolute atomic E-state index is 13.2. The lowest BCUT2D eigenvalue weighted by Gasteiger charge is -2.09. The zero-order valence-corrected chi connectivity index (χ0v) is 14.7. The van der Waals surface area contributed by atoms with Crippen molar-refractivity contribution < 1.29 is 9.31 Å². The van der Waals surface area contributed by atoms with Crippen molar-refractivity contribution in [2.24, 2.45) is 0 Å². The standard InChI is InChI=1S/C19H14FN5O3/c1-12-17-10-21-24(15-8-4-14(20)5-9-15)18(17)19(26)23(22-12)11-13-2-6-16(7-3-13)25(27)28/h2-10H,11H2,1H3. The molecule has 0 aliphatic heterocycles. The Morgan fingerprint density at radius 3 is 2.43 bits per heavy atom. The molecule has 2 aromatic carbocycles. The number of hydrogen-bond donors (Lipinski definition) is 0. The fraction of sp³-hybridized carbons (Fsp3) is 0.105. The zero-order valence-electron chi connectivity index (χ0n) is 14.7. The van der Waals surface area contributed by atoms with Gasteiger partial charge in [-0.2, -0.15) is 10.2 Å². The number of rotatable bonds is 4. The minimum absolute atomic E-state index is 0.0231. The van der Waals surface area contributed by atoms with Gasteiger partial charge in [0, 0.05) is 17.5 Å². The molecule has 0 unspecified atom stereocenters. The largest absolute Gasteiger partial charge is 0.293 e. The molecule has 2 aromatic heterocycles. The van der Waals surface area contributed by atoms with Crippen LogP contribution in [-0.4, -0.2) is 24.5 Å². The first-order chi connectivity index (χ1) is 13.4. The molecule has 9 heteroatoms. The third-order valence-electron chi connectivity index (χ3n) is 4.42. The second-order valence-corrected chi connectivity index (χ2v) is 6.27. The summed E-state index contributed by atoms with van der Waals surface area (Å²) >= 11 is 0. The molecule has 0 amide bonds. The molecule has 4 aromatic rings. The van der Waals surface area contributed by atoms with Gasteiger partial charge in [0.2, 0.25) is 0 Å². The molecule has 8 nitrogen and oxygen atoms in total. The second-order valence-electron chi connectivity index (χ2n) is 6.27. The molecule has 0 radical (unpaired) electrons. The molecule has 4 rings (SSSR count). The van der Waals surface area contributed by atoms with E-state index in [1.165, 1.54) is 45.8 Å². The molecule has 0 spiro atoms. The topological polar surface area (TPSA) is 95.8 Å². The lowest BCUT2D eigenvalue weighted by molar-refractivity contribution is -0.384. The maximum atomic E-state index is 13.2. The summed E-state index contributed by atoms with van der Waals surface area (Å²) in [7, 11) is 0. The van der Waals surface area contributed by atoms with E-state index in [1.807, 2.05) is 0 Å². The summed E-state index contributed by atoms with van der Waals surface area (Å²) in [5.74, 6) is -0.381. The molecule has 0 aliphatic carbocycles. The number of benzene rings is 2. The van der Waals surface area contributed by atoms with Gasteiger partial charge in [-0.15, -0.1) is 0 Å². The van der Waals surface area contributed by atoms with Gasteiger partial charge in [0.1, 0.15) is 11.3 Å². The van der Waals surface area contributed by atoms with E-state index in [2.05, 4.69) is 10.2 Å². The normalized spacial score (nSPS) is 11.1. The molecule has 2 heterocycles. The van der Waals surface area contributed by atoms with Crippen molar-refractivity contribution in [3.8, 4) is 5.69 Å². The molecule has 0 saturated carbocycles. The highest BCUT2D eigenvalue weighted by atomic mass is 19.1. The number of fused-ring (bicyclic) bond motifs is 1. The first-order valence-corrected chi connectivity index (χ1v) is 8.39. The van der Waals surface area contributed by atoms with Crippen molar-refractivity contribution in [3.63, 3.8) is 0 Å². The lowest BCUT2D eigenvalue weighted by Crippen LogP contribution is -2.26. The van der Waals surface area contributed by atoms with E-state index in [0.717, 1.165) is 0 Å². The Morgan fingerprint density at radius 1 is 1.11 bits per heavy atom. The lowest BCUT2D eigenvalue weighted by atomic mass is 10.2. The Balaban J connectivity index is 1.80. The maximum Gasteiger partial charge on any atom is 0.293 e. The van der Waals surface area contributed by atoms with Crippen molar-refractivity contribution in [3.05, 3.63) is 92.3 Å². The monoisotopic (exact) mass is 379 g/mol. The Bertz CT molecular complexity index is 1240. The van der Waals surface area contributed by atoms with Crippen molar-refractivity contribution in [2.75, 3.05) is 0 Å². The van der Waals surface area contributed by atoms with Gasteiger partial charge in [0.15, 0.2) is 0 Å². The molecule has 0 bridgehead atoms. The highest BCUT2D eigenvalue weighted by Gasteiger charge is 2.15. The summed E-state index contributed by atoms with van der Waals surface area (Å²) in [4.78, 5) is 23.3. The van der Waals surface area contributed by atoms with Gasteiger partial charge < -0.3 is 0 Å². The van der Waals surface area contributed by atoms with E-state index in [4.69, 9.17) is 0 Å². The number of hydrogen-bond acceptors (Lipinski definition) is 5. The summed E-state index contributed by atoms with van der Waals surface area (Å²) in [6, 6.07) is 11.6. The predicted molar refractivity (Wildman–Crippen MR) is 100 cm³/mol. The third-order valence-corrected chi connectivity index (χ3v) is 4.42. The average Bonchev–Trinajstić information content (AvgIpc) is 3.13. The smallest absolute Gasteiger partial charge is 0.265 e. The highest BCUT2D eigenvalue weighted by molar-refractivity contribution is 5.81. The van der Waals surface area contributed by atoms with Crippen LogP contribution in [-0.2, 0) is 6.54 Å². The first-order valence-electron chi connectivity index (χ1n) is 8.39. The quantitative estimate of drug-likeness (QED) is 0.401. The van der Waals surface area contributed by atoms with Crippen LogP contribution in [0, 0.1) is 22.9 Å². The molecule has 0 saturated heterocycles. The van der Waals surface area contributed by atoms with Crippen LogP contribution in [0.15, 0.2) is 59.5 Å². The number of nitrogens with zero attached hydrogens (tertiary/aromatic N) is 5. The minimum atomic E-state index is -0.481. The van der Waals surface area contributed by atoms with Gasteiger partial charge in [-0.05, 0) is 36.8 Å². The van der Waals surface area contributed by atoms with Crippen molar-refractivity contribution in [1.29, 1.82) is 0 Å². The van der Waals surface area contributed by atoms with E-state index in [1.54, 1.807) is 25.3 Å². The Kier molecular flexibility index (Phi) is 4.19. The van der Waals surface area contributed by atoms with Crippen LogP contribution in [0.4, 0.5) is 10.1 Å². The minimum Gasteiger partial charge on any atom is -0.265 e. The van der Waals surface area contributed by atoms with Gasteiger partial charge in [-0.1, -0.05) is 12.1 Å². The van der Waals surface area contributed by atoms with E-state index in [9.17, 15) is 19.3 Å².